The molecule has 0 spiro atoms. The maximum Gasteiger partial charge on any atom is 0.291 e. The van der Waals surface area contributed by atoms with Crippen LogP contribution in [0.15, 0.2) is 40.0 Å². The quantitative estimate of drug-likeness (QED) is 0.268. The zero-order valence-corrected chi connectivity index (χ0v) is 23.8. The van der Waals surface area contributed by atoms with E-state index in [0.29, 0.717) is 22.4 Å². The summed E-state index contributed by atoms with van der Waals surface area (Å²) in [6.45, 7) is 3.61. The van der Waals surface area contributed by atoms with Crippen LogP contribution in [0, 0.1) is 25.2 Å². The summed E-state index contributed by atoms with van der Waals surface area (Å²) >= 11 is 10.4. The van der Waals surface area contributed by atoms with Gasteiger partial charge in [0.25, 0.3) is 6.43 Å². The number of imidazole rings is 1. The third-order valence-electron chi connectivity index (χ3n) is 6.29. The minimum atomic E-state index is -4.33. The Morgan fingerprint density at radius 2 is 2.03 bits per heavy atom. The number of hydrogen-bond donors (Lipinski definition) is 0. The van der Waals surface area contributed by atoms with Gasteiger partial charge in [0.2, 0.25) is 10.0 Å². The smallest absolute Gasteiger partial charge is 0.291 e. The lowest BCUT2D eigenvalue weighted by Gasteiger charge is -2.43. The second-order valence-electron chi connectivity index (χ2n) is 8.78. The van der Waals surface area contributed by atoms with Crippen LogP contribution in [0.3, 0.4) is 0 Å². The number of fused-ring (bicyclic) bond motifs is 1. The predicted octanol–water partition coefficient (Wildman–Crippen LogP) is 5.31. The summed E-state index contributed by atoms with van der Waals surface area (Å²) < 4.78 is 62.5. The molecule has 38 heavy (non-hydrogen) atoms. The minimum absolute atomic E-state index is 0.0392. The van der Waals surface area contributed by atoms with E-state index >= 15 is 0 Å². The Kier molecular flexibility index (Phi) is 7.04. The van der Waals surface area contributed by atoms with Crippen molar-refractivity contribution in [3.8, 4) is 16.9 Å². The topological polar surface area (TPSA) is 113 Å². The number of nitriles is 1. The van der Waals surface area contributed by atoms with E-state index in [2.05, 4.69) is 37.2 Å². The number of nitrogens with zero attached hydrogens (tertiary/aromatic N) is 6. The first kappa shape index (κ1) is 27.0. The van der Waals surface area contributed by atoms with Gasteiger partial charge in [-0.2, -0.15) is 9.57 Å². The van der Waals surface area contributed by atoms with Crippen LogP contribution < -0.4 is 0 Å². The molecule has 1 aliphatic rings. The van der Waals surface area contributed by atoms with E-state index in [1.165, 1.54) is 16.7 Å². The molecule has 4 aromatic rings. The largest absolute Gasteiger partial charge is 0.375 e. The number of benzene rings is 1. The number of sulfonamides is 1. The molecular weight excluding hydrogens is 626 g/mol. The summed E-state index contributed by atoms with van der Waals surface area (Å²) in [6, 6.07) is 8.96. The van der Waals surface area contributed by atoms with Crippen molar-refractivity contribution < 1.29 is 21.9 Å². The molecule has 0 radical (unpaired) electrons. The summed E-state index contributed by atoms with van der Waals surface area (Å²) in [4.78, 5) is 4.10. The maximum absolute atomic E-state index is 14.1. The van der Waals surface area contributed by atoms with E-state index in [1.54, 1.807) is 0 Å². The summed E-state index contributed by atoms with van der Waals surface area (Å²) in [5.41, 5.74) is 1.63. The van der Waals surface area contributed by atoms with Crippen LogP contribution in [-0.2, 0) is 21.3 Å². The minimum Gasteiger partial charge on any atom is -0.375 e. The SMILES string of the molecule is Cc1ccc(CN(C2(C#N)COC2)S(=O)(=O)c2cc(Cl)c3c(Br)nc(-c4nnc(C(F)F)s4)n3c2)cc1C. The van der Waals surface area contributed by atoms with Crippen LogP contribution >= 0.6 is 38.9 Å². The molecular formula is C23H18BrClF2N6O3S2. The molecule has 1 saturated heterocycles. The Morgan fingerprint density at radius 3 is 2.61 bits per heavy atom. The first-order valence-corrected chi connectivity index (χ1v) is 14.5. The number of aryl methyl sites for hydroxylation is 2. The normalized spacial score (nSPS) is 15.2. The molecule has 0 aliphatic carbocycles. The highest BCUT2D eigenvalue weighted by atomic mass is 79.9. The Labute approximate surface area is 233 Å². The molecule has 0 unspecified atom stereocenters. The lowest BCUT2D eigenvalue weighted by molar-refractivity contribution is -0.0810. The molecule has 3 aromatic heterocycles. The van der Waals surface area contributed by atoms with Gasteiger partial charge in [0.1, 0.15) is 9.50 Å². The number of ether oxygens (including phenoxy) is 1. The number of alkyl halides is 2. The van der Waals surface area contributed by atoms with E-state index in [0.717, 1.165) is 15.4 Å². The highest BCUT2D eigenvalue weighted by Gasteiger charge is 2.51. The van der Waals surface area contributed by atoms with Crippen LogP contribution in [0.25, 0.3) is 16.3 Å². The number of hydrogen-bond acceptors (Lipinski definition) is 8. The average molecular weight is 644 g/mol. The van der Waals surface area contributed by atoms with Crippen molar-refractivity contribution in [2.24, 2.45) is 0 Å². The Hall–Kier alpha value is -2.54. The van der Waals surface area contributed by atoms with Gasteiger partial charge in [-0.15, -0.1) is 10.2 Å². The van der Waals surface area contributed by atoms with E-state index in [9.17, 15) is 22.5 Å². The second kappa shape index (κ2) is 9.89. The average Bonchev–Trinajstić information content (AvgIpc) is 3.45. The fraction of sp³-hybridized carbons (Fsp3) is 0.304. The molecule has 1 fully saturated rings. The first-order valence-electron chi connectivity index (χ1n) is 11.0. The lowest BCUT2D eigenvalue weighted by Crippen LogP contribution is -2.62. The van der Waals surface area contributed by atoms with Gasteiger partial charge in [-0.1, -0.05) is 41.1 Å². The molecule has 9 nitrogen and oxygen atoms in total. The van der Waals surface area contributed by atoms with E-state index in [4.69, 9.17) is 16.3 Å². The van der Waals surface area contributed by atoms with Crippen molar-refractivity contribution in [1.29, 1.82) is 5.26 Å². The van der Waals surface area contributed by atoms with Crippen LogP contribution in [-0.4, -0.2) is 51.1 Å². The van der Waals surface area contributed by atoms with Crippen molar-refractivity contribution in [3.05, 3.63) is 61.8 Å². The summed E-state index contributed by atoms with van der Waals surface area (Å²) in [7, 11) is -4.33. The van der Waals surface area contributed by atoms with Crippen molar-refractivity contribution >= 4 is 54.4 Å². The molecule has 0 atom stereocenters. The highest BCUT2D eigenvalue weighted by Crippen LogP contribution is 2.38. The Morgan fingerprint density at radius 1 is 1.29 bits per heavy atom. The molecule has 0 amide bonds. The van der Waals surface area contributed by atoms with Crippen molar-refractivity contribution in [2.45, 2.75) is 37.3 Å². The molecule has 1 aliphatic heterocycles. The first-order chi connectivity index (χ1) is 18.0. The Bertz CT molecular complexity index is 1720. The van der Waals surface area contributed by atoms with Crippen molar-refractivity contribution in [1.82, 2.24) is 23.9 Å². The fourth-order valence-electron chi connectivity index (χ4n) is 4.03. The van der Waals surface area contributed by atoms with E-state index in [1.807, 2.05) is 32.0 Å². The molecule has 1 aromatic carbocycles. The number of pyridine rings is 1. The van der Waals surface area contributed by atoms with Gasteiger partial charge in [-0.25, -0.2) is 22.2 Å². The third kappa shape index (κ3) is 4.51. The molecule has 5 rings (SSSR count). The molecule has 0 saturated carbocycles. The molecule has 198 valence electrons. The summed E-state index contributed by atoms with van der Waals surface area (Å²) in [5.74, 6) is 0.0814. The number of aromatic nitrogens is 4. The third-order valence-corrected chi connectivity index (χ3v) is 9.94. The zero-order valence-electron chi connectivity index (χ0n) is 19.8. The Balaban J connectivity index is 1.66. The van der Waals surface area contributed by atoms with Gasteiger partial charge in [-0.05, 0) is 52.5 Å². The molecule has 0 N–H and O–H groups in total. The van der Waals surface area contributed by atoms with Crippen LogP contribution in [0.1, 0.15) is 28.1 Å². The van der Waals surface area contributed by atoms with Gasteiger partial charge in [0.05, 0.1) is 29.8 Å². The predicted molar refractivity (Wildman–Crippen MR) is 140 cm³/mol. The van der Waals surface area contributed by atoms with Gasteiger partial charge in [0.15, 0.2) is 21.4 Å². The van der Waals surface area contributed by atoms with Crippen molar-refractivity contribution in [2.75, 3.05) is 13.2 Å². The lowest BCUT2D eigenvalue weighted by atomic mass is 9.98. The second-order valence-corrected chi connectivity index (χ2v) is 12.8. The van der Waals surface area contributed by atoms with Crippen LogP contribution in [0.4, 0.5) is 8.78 Å². The van der Waals surface area contributed by atoms with E-state index < -0.39 is 27.0 Å². The summed E-state index contributed by atoms with van der Waals surface area (Å²) in [6.07, 6.45) is -1.54. The number of halogens is 4. The molecule has 15 heteroatoms. The van der Waals surface area contributed by atoms with Gasteiger partial charge < -0.3 is 4.74 Å². The van der Waals surface area contributed by atoms with Crippen molar-refractivity contribution in [3.63, 3.8) is 0 Å². The highest BCUT2D eigenvalue weighted by molar-refractivity contribution is 9.10. The summed E-state index contributed by atoms with van der Waals surface area (Å²) in [5, 5.41) is 16.9. The van der Waals surface area contributed by atoms with Crippen LogP contribution in [0.5, 0.6) is 0 Å². The fourth-order valence-corrected chi connectivity index (χ4v) is 7.45. The molecule has 4 heterocycles. The van der Waals surface area contributed by atoms with Gasteiger partial charge >= 0.3 is 0 Å². The maximum atomic E-state index is 14.1. The number of rotatable bonds is 7. The standard InChI is InChI=1S/C23H18BrClF2N6O3S2/c1-12-3-4-14(5-13(12)2)7-33(23(9-28)10-36-11-23)38(34,35)15-6-16(25)17-18(24)29-20(32(17)8-15)22-31-30-21(37-22)19(26)27/h3-6,8,19H,7,10-11H2,1-2H3. The van der Waals surface area contributed by atoms with Crippen LogP contribution in [0.2, 0.25) is 5.02 Å². The zero-order chi connectivity index (χ0) is 27.4. The molecule has 0 bridgehead atoms. The van der Waals surface area contributed by atoms with Gasteiger partial charge in [-0.3, -0.25) is 4.40 Å². The van der Waals surface area contributed by atoms with E-state index in [-0.39, 0.29) is 45.1 Å². The van der Waals surface area contributed by atoms with Gasteiger partial charge in [0, 0.05) is 12.7 Å². The monoisotopic (exact) mass is 642 g/mol.